The number of hydrogen-bond donors (Lipinski definition) is 0. The van der Waals surface area contributed by atoms with E-state index in [9.17, 15) is 9.59 Å². The molecule has 6 nitrogen and oxygen atoms in total. The van der Waals surface area contributed by atoms with Crippen LogP contribution < -0.4 is 11.2 Å². The highest BCUT2D eigenvalue weighted by Gasteiger charge is 2.19. The van der Waals surface area contributed by atoms with Crippen LogP contribution in [0, 0.1) is 0 Å². The van der Waals surface area contributed by atoms with Gasteiger partial charge < -0.3 is 0 Å². The molecule has 4 aromatic rings. The molecule has 0 aliphatic heterocycles. The lowest BCUT2D eigenvalue weighted by Crippen LogP contribution is -2.37. The van der Waals surface area contributed by atoms with Crippen LogP contribution >= 0.6 is 23.2 Å². The third kappa shape index (κ3) is 2.91. The van der Waals surface area contributed by atoms with Gasteiger partial charge in [0, 0.05) is 25.2 Å². The first-order chi connectivity index (χ1) is 13.4. The summed E-state index contributed by atoms with van der Waals surface area (Å²) in [6, 6.07) is 14.4. The summed E-state index contributed by atoms with van der Waals surface area (Å²) in [4.78, 5) is 34.5. The molecule has 2 aromatic carbocycles. The van der Waals surface area contributed by atoms with Gasteiger partial charge in [0.25, 0.3) is 5.56 Å². The van der Waals surface area contributed by atoms with Crippen molar-refractivity contribution >= 4 is 34.2 Å². The van der Waals surface area contributed by atoms with E-state index in [1.165, 1.54) is 11.6 Å². The second-order valence-electron chi connectivity index (χ2n) is 6.30. The molecule has 0 saturated carbocycles. The van der Waals surface area contributed by atoms with Gasteiger partial charge in [-0.1, -0.05) is 59.6 Å². The third-order valence-electron chi connectivity index (χ3n) is 4.53. The van der Waals surface area contributed by atoms with Gasteiger partial charge in [-0.15, -0.1) is 0 Å². The lowest BCUT2D eigenvalue weighted by atomic mass is 10.1. The highest BCUT2D eigenvalue weighted by molar-refractivity contribution is 6.42. The zero-order valence-corrected chi connectivity index (χ0v) is 16.5. The van der Waals surface area contributed by atoms with Crippen molar-refractivity contribution in [2.24, 2.45) is 14.1 Å². The fourth-order valence-electron chi connectivity index (χ4n) is 3.03. The number of rotatable bonds is 2. The van der Waals surface area contributed by atoms with Crippen molar-refractivity contribution in [2.45, 2.75) is 0 Å². The second kappa shape index (κ2) is 6.89. The fraction of sp³-hybridized carbons (Fsp3) is 0.100. The highest BCUT2D eigenvalue weighted by Crippen LogP contribution is 2.31. The molecule has 0 aliphatic rings. The van der Waals surface area contributed by atoms with Crippen LogP contribution in [0.15, 0.2) is 58.1 Å². The van der Waals surface area contributed by atoms with E-state index in [1.807, 2.05) is 30.3 Å². The molecule has 0 N–H and O–H groups in total. The van der Waals surface area contributed by atoms with Gasteiger partial charge in [-0.2, -0.15) is 0 Å². The largest absolute Gasteiger partial charge is 0.332 e. The Morgan fingerprint density at radius 1 is 0.821 bits per heavy atom. The molecule has 0 saturated heterocycles. The first-order valence-corrected chi connectivity index (χ1v) is 9.12. The molecule has 0 amide bonds. The van der Waals surface area contributed by atoms with Gasteiger partial charge in [0.15, 0.2) is 11.5 Å². The summed E-state index contributed by atoms with van der Waals surface area (Å²) in [5.74, 6) is 0.400. The van der Waals surface area contributed by atoms with Crippen molar-refractivity contribution in [3.63, 3.8) is 0 Å². The summed E-state index contributed by atoms with van der Waals surface area (Å²) >= 11 is 12.2. The predicted octanol–water partition coefficient (Wildman–Crippen LogP) is 3.67. The lowest BCUT2D eigenvalue weighted by molar-refractivity contribution is 0.707. The standard InChI is InChI=1S/C20H14Cl2N4O2/c1-25-18-15(19(27)26(2)20(25)28)16(12-8-9-13(21)14(22)10-12)23-17(24-18)11-6-4-3-5-7-11/h3-10H,1-2H3. The Hall–Kier alpha value is -2.96. The van der Waals surface area contributed by atoms with E-state index in [0.717, 1.165) is 10.1 Å². The Balaban J connectivity index is 2.19. The molecule has 8 heteroatoms. The topological polar surface area (TPSA) is 69.8 Å². The molecule has 2 aromatic heterocycles. The number of aryl methyl sites for hydroxylation is 1. The van der Waals surface area contributed by atoms with Gasteiger partial charge in [0.05, 0.1) is 15.7 Å². The van der Waals surface area contributed by atoms with Crippen LogP contribution in [-0.4, -0.2) is 19.1 Å². The lowest BCUT2D eigenvalue weighted by Gasteiger charge is -2.13. The Bertz CT molecular complexity index is 1340. The van der Waals surface area contributed by atoms with Crippen LogP contribution in [0.5, 0.6) is 0 Å². The van der Waals surface area contributed by atoms with E-state index in [1.54, 1.807) is 25.2 Å². The van der Waals surface area contributed by atoms with E-state index < -0.39 is 11.2 Å². The number of hydrogen-bond acceptors (Lipinski definition) is 4. The maximum Gasteiger partial charge on any atom is 0.332 e. The average molecular weight is 413 g/mol. The predicted molar refractivity (Wildman–Crippen MR) is 111 cm³/mol. The first-order valence-electron chi connectivity index (χ1n) is 8.37. The number of nitrogens with zero attached hydrogens (tertiary/aromatic N) is 4. The molecular weight excluding hydrogens is 399 g/mol. The summed E-state index contributed by atoms with van der Waals surface area (Å²) in [7, 11) is 3.00. The third-order valence-corrected chi connectivity index (χ3v) is 5.26. The summed E-state index contributed by atoms with van der Waals surface area (Å²) in [5.41, 5.74) is 1.07. The van der Waals surface area contributed by atoms with Gasteiger partial charge >= 0.3 is 5.69 Å². The second-order valence-corrected chi connectivity index (χ2v) is 7.11. The van der Waals surface area contributed by atoms with E-state index >= 15 is 0 Å². The molecule has 0 fully saturated rings. The van der Waals surface area contributed by atoms with E-state index in [2.05, 4.69) is 9.97 Å². The molecule has 2 heterocycles. The smallest absolute Gasteiger partial charge is 0.280 e. The minimum absolute atomic E-state index is 0.239. The molecule has 0 spiro atoms. The Morgan fingerprint density at radius 2 is 1.54 bits per heavy atom. The molecule has 0 radical (unpaired) electrons. The van der Waals surface area contributed by atoms with Crippen LogP contribution in [0.25, 0.3) is 33.7 Å². The van der Waals surface area contributed by atoms with Crippen molar-refractivity contribution in [3.05, 3.63) is 79.4 Å². The molecule has 0 bridgehead atoms. The van der Waals surface area contributed by atoms with Gasteiger partial charge in [-0.25, -0.2) is 14.8 Å². The van der Waals surface area contributed by atoms with E-state index in [4.69, 9.17) is 23.2 Å². The van der Waals surface area contributed by atoms with Gasteiger partial charge in [-0.3, -0.25) is 13.9 Å². The molecule has 140 valence electrons. The Morgan fingerprint density at radius 3 is 2.21 bits per heavy atom. The Kier molecular flexibility index (Phi) is 4.53. The van der Waals surface area contributed by atoms with E-state index in [-0.39, 0.29) is 11.0 Å². The SMILES string of the molecule is Cn1c(=O)c2c(-c3ccc(Cl)c(Cl)c3)nc(-c3ccccc3)nc2n(C)c1=O. The summed E-state index contributed by atoms with van der Waals surface area (Å²) < 4.78 is 2.38. The molecular formula is C20H14Cl2N4O2. The minimum atomic E-state index is -0.473. The van der Waals surface area contributed by atoms with Crippen molar-refractivity contribution < 1.29 is 0 Å². The maximum atomic E-state index is 12.9. The van der Waals surface area contributed by atoms with Crippen molar-refractivity contribution in [1.82, 2.24) is 19.1 Å². The van der Waals surface area contributed by atoms with Crippen molar-refractivity contribution in [3.8, 4) is 22.6 Å². The molecule has 4 rings (SSSR count). The van der Waals surface area contributed by atoms with Crippen LogP contribution in [0.3, 0.4) is 0 Å². The molecule has 0 aliphatic carbocycles. The average Bonchev–Trinajstić information content (AvgIpc) is 2.72. The van der Waals surface area contributed by atoms with Crippen LogP contribution in [0.4, 0.5) is 0 Å². The van der Waals surface area contributed by atoms with Crippen LogP contribution in [-0.2, 0) is 14.1 Å². The van der Waals surface area contributed by atoms with Crippen LogP contribution in [0.1, 0.15) is 0 Å². The van der Waals surface area contributed by atoms with Crippen molar-refractivity contribution in [1.29, 1.82) is 0 Å². The number of benzene rings is 2. The minimum Gasteiger partial charge on any atom is -0.280 e. The number of aromatic nitrogens is 4. The monoisotopic (exact) mass is 412 g/mol. The van der Waals surface area contributed by atoms with E-state index in [0.29, 0.717) is 27.1 Å². The highest BCUT2D eigenvalue weighted by atomic mass is 35.5. The molecule has 0 unspecified atom stereocenters. The summed E-state index contributed by atoms with van der Waals surface area (Å²) in [6.07, 6.45) is 0. The fourth-order valence-corrected chi connectivity index (χ4v) is 3.33. The zero-order chi connectivity index (χ0) is 20.0. The van der Waals surface area contributed by atoms with Crippen LogP contribution in [0.2, 0.25) is 10.0 Å². The quantitative estimate of drug-likeness (QED) is 0.503. The number of halogens is 2. The number of fused-ring (bicyclic) bond motifs is 1. The Labute approximate surface area is 169 Å². The van der Waals surface area contributed by atoms with Gasteiger partial charge in [0.1, 0.15) is 5.39 Å². The van der Waals surface area contributed by atoms with Crippen molar-refractivity contribution in [2.75, 3.05) is 0 Å². The van der Waals surface area contributed by atoms with Gasteiger partial charge in [-0.05, 0) is 12.1 Å². The molecule has 28 heavy (non-hydrogen) atoms. The van der Waals surface area contributed by atoms with Gasteiger partial charge in [0.2, 0.25) is 0 Å². The maximum absolute atomic E-state index is 12.9. The summed E-state index contributed by atoms with van der Waals surface area (Å²) in [6.45, 7) is 0. The normalized spacial score (nSPS) is 11.1. The molecule has 0 atom stereocenters. The zero-order valence-electron chi connectivity index (χ0n) is 15.0. The summed E-state index contributed by atoms with van der Waals surface area (Å²) in [5, 5.41) is 0.976. The first kappa shape index (κ1) is 18.4.